The molecule has 0 spiro atoms. The van der Waals surface area contributed by atoms with Gasteiger partial charge >= 0.3 is 0 Å². The van der Waals surface area contributed by atoms with E-state index in [2.05, 4.69) is 5.32 Å². The van der Waals surface area contributed by atoms with Crippen molar-refractivity contribution < 1.29 is 9.18 Å². The second kappa shape index (κ2) is 6.04. The van der Waals surface area contributed by atoms with Gasteiger partial charge in [-0.1, -0.05) is 41.9 Å². The Morgan fingerprint density at radius 3 is 2.58 bits per heavy atom. The fourth-order valence-electron chi connectivity index (χ4n) is 3.07. The van der Waals surface area contributed by atoms with Crippen molar-refractivity contribution in [3.05, 3.63) is 75.2 Å². The minimum Gasteiger partial charge on any atom is -0.325 e. The SMILES string of the molecule is O=C1C[C@H](c2ccc(Cl)cc2)c2scc(-c3ccccc3F)c2N1. The Morgan fingerprint density at radius 2 is 1.83 bits per heavy atom. The quantitative estimate of drug-likeness (QED) is 0.628. The average Bonchev–Trinajstić information content (AvgIpc) is 2.99. The maximum absolute atomic E-state index is 14.2. The van der Waals surface area contributed by atoms with E-state index in [0.717, 1.165) is 21.7 Å². The number of rotatable bonds is 2. The van der Waals surface area contributed by atoms with E-state index in [4.69, 9.17) is 11.6 Å². The van der Waals surface area contributed by atoms with Crippen LogP contribution in [0, 0.1) is 5.82 Å². The molecule has 4 rings (SSSR count). The number of amides is 1. The van der Waals surface area contributed by atoms with Crippen molar-refractivity contribution in [2.45, 2.75) is 12.3 Å². The van der Waals surface area contributed by atoms with Gasteiger partial charge in [0.15, 0.2) is 0 Å². The lowest BCUT2D eigenvalue weighted by Gasteiger charge is -2.24. The van der Waals surface area contributed by atoms with Crippen LogP contribution in [0.25, 0.3) is 11.1 Å². The average molecular weight is 358 g/mol. The molecular formula is C19H13ClFNOS. The van der Waals surface area contributed by atoms with Crippen molar-refractivity contribution >= 4 is 34.5 Å². The van der Waals surface area contributed by atoms with Crippen molar-refractivity contribution in [3.63, 3.8) is 0 Å². The highest BCUT2D eigenvalue weighted by atomic mass is 35.5. The molecule has 5 heteroatoms. The van der Waals surface area contributed by atoms with Crippen LogP contribution < -0.4 is 5.32 Å². The van der Waals surface area contributed by atoms with E-state index < -0.39 is 0 Å². The highest BCUT2D eigenvalue weighted by Crippen LogP contribution is 2.47. The molecule has 2 aromatic carbocycles. The Kier molecular flexibility index (Phi) is 3.87. The van der Waals surface area contributed by atoms with Crippen molar-refractivity contribution in [1.29, 1.82) is 0 Å². The predicted molar refractivity (Wildman–Crippen MR) is 96.3 cm³/mol. The Labute approximate surface area is 147 Å². The smallest absolute Gasteiger partial charge is 0.225 e. The third-order valence-corrected chi connectivity index (χ3v) is 5.57. The molecule has 0 radical (unpaired) electrons. The summed E-state index contributed by atoms with van der Waals surface area (Å²) in [6, 6.07) is 14.2. The Hall–Kier alpha value is -2.17. The minimum atomic E-state index is -0.291. The van der Waals surface area contributed by atoms with Crippen LogP contribution >= 0.6 is 22.9 Å². The largest absolute Gasteiger partial charge is 0.325 e. The fourth-order valence-corrected chi connectivity index (χ4v) is 4.35. The monoisotopic (exact) mass is 357 g/mol. The minimum absolute atomic E-state index is 0.0310. The van der Waals surface area contributed by atoms with Crippen LogP contribution in [0.4, 0.5) is 10.1 Å². The number of thiophene rings is 1. The third-order valence-electron chi connectivity index (χ3n) is 4.23. The molecular weight excluding hydrogens is 345 g/mol. The zero-order valence-corrected chi connectivity index (χ0v) is 14.1. The molecule has 0 bridgehead atoms. The second-order valence-corrected chi connectivity index (χ2v) is 7.07. The lowest BCUT2D eigenvalue weighted by Crippen LogP contribution is -2.22. The van der Waals surface area contributed by atoms with Crippen LogP contribution in [-0.4, -0.2) is 5.91 Å². The molecule has 0 saturated heterocycles. The van der Waals surface area contributed by atoms with Gasteiger partial charge in [-0.3, -0.25) is 4.79 Å². The molecule has 1 aliphatic heterocycles. The van der Waals surface area contributed by atoms with Crippen LogP contribution in [-0.2, 0) is 4.79 Å². The van der Waals surface area contributed by atoms with Gasteiger partial charge in [0.1, 0.15) is 5.82 Å². The van der Waals surface area contributed by atoms with E-state index in [1.165, 1.54) is 6.07 Å². The van der Waals surface area contributed by atoms with Crippen LogP contribution in [0.2, 0.25) is 5.02 Å². The number of hydrogen-bond donors (Lipinski definition) is 1. The Morgan fingerprint density at radius 1 is 1.08 bits per heavy atom. The van der Waals surface area contributed by atoms with Crippen LogP contribution in [0.3, 0.4) is 0 Å². The number of benzene rings is 2. The molecule has 2 nitrogen and oxygen atoms in total. The van der Waals surface area contributed by atoms with Crippen LogP contribution in [0.1, 0.15) is 22.8 Å². The molecule has 120 valence electrons. The number of fused-ring (bicyclic) bond motifs is 1. The molecule has 1 aromatic heterocycles. The van der Waals surface area contributed by atoms with Gasteiger partial charge in [-0.2, -0.15) is 0 Å². The zero-order valence-electron chi connectivity index (χ0n) is 12.6. The number of hydrogen-bond acceptors (Lipinski definition) is 2. The van der Waals surface area contributed by atoms with Gasteiger partial charge in [0.05, 0.1) is 5.69 Å². The zero-order chi connectivity index (χ0) is 16.7. The van der Waals surface area contributed by atoms with Crippen LogP contribution in [0.15, 0.2) is 53.9 Å². The molecule has 1 N–H and O–H groups in total. The molecule has 0 saturated carbocycles. The lowest BCUT2D eigenvalue weighted by atomic mass is 9.89. The summed E-state index contributed by atoms with van der Waals surface area (Å²) in [5.74, 6) is -0.379. The summed E-state index contributed by atoms with van der Waals surface area (Å²) < 4.78 is 14.2. The first-order valence-corrected chi connectivity index (χ1v) is 8.81. The molecule has 0 fully saturated rings. The molecule has 24 heavy (non-hydrogen) atoms. The van der Waals surface area contributed by atoms with Crippen molar-refractivity contribution in [2.24, 2.45) is 0 Å². The summed E-state index contributed by atoms with van der Waals surface area (Å²) in [6.45, 7) is 0. The first-order chi connectivity index (χ1) is 11.6. The maximum Gasteiger partial charge on any atom is 0.225 e. The molecule has 2 heterocycles. The highest BCUT2D eigenvalue weighted by Gasteiger charge is 2.30. The van der Waals surface area contributed by atoms with Gasteiger partial charge in [-0.15, -0.1) is 11.3 Å². The Bertz CT molecular complexity index is 919. The Balaban J connectivity index is 1.83. The summed E-state index contributed by atoms with van der Waals surface area (Å²) >= 11 is 7.51. The summed E-state index contributed by atoms with van der Waals surface area (Å²) in [5, 5.41) is 5.50. The number of halogens is 2. The van der Waals surface area contributed by atoms with E-state index in [1.807, 2.05) is 29.6 Å². The lowest BCUT2D eigenvalue weighted by molar-refractivity contribution is -0.116. The predicted octanol–water partition coefficient (Wildman–Crippen LogP) is 5.68. The molecule has 3 aromatic rings. The molecule has 1 atom stereocenters. The standard InChI is InChI=1S/C19H13ClFNOS/c20-12-7-5-11(6-8-12)14-9-17(23)22-18-15(10-24-19(14)18)13-3-1-2-4-16(13)21/h1-8,10,14H,9H2,(H,22,23)/t14-/m1/s1. The number of carbonyl (C=O) groups is 1. The first-order valence-electron chi connectivity index (χ1n) is 7.55. The number of nitrogens with one attached hydrogen (secondary N) is 1. The second-order valence-electron chi connectivity index (χ2n) is 5.72. The first kappa shape index (κ1) is 15.4. The summed E-state index contributed by atoms with van der Waals surface area (Å²) in [5.41, 5.74) is 3.01. The summed E-state index contributed by atoms with van der Waals surface area (Å²) in [6.07, 6.45) is 0.381. The normalized spacial score (nSPS) is 16.6. The van der Waals surface area contributed by atoms with E-state index in [9.17, 15) is 9.18 Å². The molecule has 0 aliphatic carbocycles. The van der Waals surface area contributed by atoms with Crippen LogP contribution in [0.5, 0.6) is 0 Å². The topological polar surface area (TPSA) is 29.1 Å². The fraction of sp³-hybridized carbons (Fsp3) is 0.105. The molecule has 1 aliphatic rings. The third kappa shape index (κ3) is 2.62. The van der Waals surface area contributed by atoms with Crippen molar-refractivity contribution in [3.8, 4) is 11.1 Å². The van der Waals surface area contributed by atoms with Gasteiger partial charge in [0, 0.05) is 38.7 Å². The van der Waals surface area contributed by atoms with Gasteiger partial charge < -0.3 is 5.32 Å². The van der Waals surface area contributed by atoms with Crippen molar-refractivity contribution in [2.75, 3.05) is 5.32 Å². The highest BCUT2D eigenvalue weighted by molar-refractivity contribution is 7.11. The van der Waals surface area contributed by atoms with Gasteiger partial charge in [-0.25, -0.2) is 4.39 Å². The van der Waals surface area contributed by atoms with Gasteiger partial charge in [0.2, 0.25) is 5.91 Å². The molecule has 0 unspecified atom stereocenters. The summed E-state index contributed by atoms with van der Waals surface area (Å²) in [4.78, 5) is 13.3. The number of carbonyl (C=O) groups excluding carboxylic acids is 1. The van der Waals surface area contributed by atoms with E-state index >= 15 is 0 Å². The van der Waals surface area contributed by atoms with E-state index in [-0.39, 0.29) is 17.6 Å². The van der Waals surface area contributed by atoms with Gasteiger partial charge in [0.25, 0.3) is 0 Å². The maximum atomic E-state index is 14.2. The number of anilines is 1. The molecule has 1 amide bonds. The van der Waals surface area contributed by atoms with E-state index in [1.54, 1.807) is 29.5 Å². The summed E-state index contributed by atoms with van der Waals surface area (Å²) in [7, 11) is 0. The van der Waals surface area contributed by atoms with Gasteiger partial charge in [-0.05, 0) is 23.8 Å². The van der Waals surface area contributed by atoms with E-state index in [0.29, 0.717) is 17.0 Å². The van der Waals surface area contributed by atoms with Crippen molar-refractivity contribution in [1.82, 2.24) is 0 Å².